The summed E-state index contributed by atoms with van der Waals surface area (Å²) < 4.78 is 27.6. The normalized spacial score (nSPS) is 11.4. The summed E-state index contributed by atoms with van der Waals surface area (Å²) in [6.07, 6.45) is 3.17. The van der Waals surface area contributed by atoms with Gasteiger partial charge in [0.25, 0.3) is 10.0 Å². The van der Waals surface area contributed by atoms with Crippen molar-refractivity contribution in [2.45, 2.75) is 25.3 Å². The Kier molecular flexibility index (Phi) is 4.59. The predicted octanol–water partition coefficient (Wildman–Crippen LogP) is 2.22. The van der Waals surface area contributed by atoms with E-state index in [-0.39, 0.29) is 4.90 Å². The van der Waals surface area contributed by atoms with Gasteiger partial charge in [-0.2, -0.15) is 0 Å². The SMILES string of the molecule is CNCc1ccc(C)c(S(=O)(=O)Nc2cncc(C)c2)c1. The van der Waals surface area contributed by atoms with Crippen molar-refractivity contribution in [2.24, 2.45) is 0 Å². The van der Waals surface area contributed by atoms with Gasteiger partial charge in [-0.05, 0) is 49.7 Å². The number of hydrogen-bond acceptors (Lipinski definition) is 4. The second-order valence-electron chi connectivity index (χ2n) is 4.99. The molecule has 112 valence electrons. The Balaban J connectivity index is 2.37. The molecular formula is C15H19N3O2S. The third-order valence-corrected chi connectivity index (χ3v) is 4.57. The fourth-order valence-electron chi connectivity index (χ4n) is 2.07. The van der Waals surface area contributed by atoms with Gasteiger partial charge in [-0.3, -0.25) is 9.71 Å². The topological polar surface area (TPSA) is 71.1 Å². The highest BCUT2D eigenvalue weighted by Gasteiger charge is 2.17. The molecule has 0 aliphatic carbocycles. The van der Waals surface area contributed by atoms with Crippen LogP contribution in [0.5, 0.6) is 0 Å². The Morgan fingerprint density at radius 1 is 1.14 bits per heavy atom. The van der Waals surface area contributed by atoms with E-state index in [2.05, 4.69) is 15.0 Å². The zero-order valence-electron chi connectivity index (χ0n) is 12.3. The van der Waals surface area contributed by atoms with Crippen LogP contribution in [0.1, 0.15) is 16.7 Å². The number of sulfonamides is 1. The molecule has 0 unspecified atom stereocenters. The van der Waals surface area contributed by atoms with Gasteiger partial charge in [-0.1, -0.05) is 12.1 Å². The first-order valence-corrected chi connectivity index (χ1v) is 8.09. The Labute approximate surface area is 125 Å². The quantitative estimate of drug-likeness (QED) is 0.888. The molecule has 2 rings (SSSR count). The molecule has 0 aliphatic heterocycles. The van der Waals surface area contributed by atoms with Crippen LogP contribution in [0.2, 0.25) is 0 Å². The molecule has 6 heteroatoms. The van der Waals surface area contributed by atoms with E-state index in [0.717, 1.165) is 11.1 Å². The predicted molar refractivity (Wildman–Crippen MR) is 83.7 cm³/mol. The molecule has 2 aromatic rings. The maximum atomic E-state index is 12.5. The lowest BCUT2D eigenvalue weighted by molar-refractivity contribution is 0.600. The van der Waals surface area contributed by atoms with E-state index >= 15 is 0 Å². The monoisotopic (exact) mass is 305 g/mol. The van der Waals surface area contributed by atoms with Crippen LogP contribution in [0, 0.1) is 13.8 Å². The summed E-state index contributed by atoms with van der Waals surface area (Å²) in [7, 11) is -1.80. The molecule has 2 N–H and O–H groups in total. The van der Waals surface area contributed by atoms with Crippen LogP contribution < -0.4 is 10.0 Å². The van der Waals surface area contributed by atoms with Gasteiger partial charge in [0.2, 0.25) is 0 Å². The van der Waals surface area contributed by atoms with Gasteiger partial charge in [0.05, 0.1) is 16.8 Å². The van der Waals surface area contributed by atoms with Gasteiger partial charge in [0.15, 0.2) is 0 Å². The number of anilines is 1. The number of nitrogens with zero attached hydrogens (tertiary/aromatic N) is 1. The van der Waals surface area contributed by atoms with Crippen molar-refractivity contribution in [3.63, 3.8) is 0 Å². The zero-order valence-corrected chi connectivity index (χ0v) is 13.2. The first-order valence-electron chi connectivity index (χ1n) is 6.61. The largest absolute Gasteiger partial charge is 0.316 e. The Morgan fingerprint density at radius 2 is 1.90 bits per heavy atom. The minimum absolute atomic E-state index is 0.289. The summed E-state index contributed by atoms with van der Waals surface area (Å²) in [5.41, 5.74) is 3.00. The summed E-state index contributed by atoms with van der Waals surface area (Å²) in [6.45, 7) is 4.27. The second-order valence-corrected chi connectivity index (χ2v) is 6.64. The van der Waals surface area contributed by atoms with E-state index in [0.29, 0.717) is 17.8 Å². The molecule has 1 aromatic heterocycles. The summed E-state index contributed by atoms with van der Waals surface area (Å²) in [4.78, 5) is 4.28. The Hall–Kier alpha value is -1.92. The Bertz CT molecular complexity index is 742. The van der Waals surface area contributed by atoms with Crippen LogP contribution in [0.25, 0.3) is 0 Å². The van der Waals surface area contributed by atoms with Gasteiger partial charge in [0, 0.05) is 12.7 Å². The van der Waals surface area contributed by atoms with Crippen molar-refractivity contribution >= 4 is 15.7 Å². The minimum atomic E-state index is -3.62. The third kappa shape index (κ3) is 3.80. The lowest BCUT2D eigenvalue weighted by Crippen LogP contribution is -2.15. The van der Waals surface area contributed by atoms with E-state index in [1.165, 1.54) is 6.20 Å². The molecule has 0 radical (unpaired) electrons. The highest BCUT2D eigenvalue weighted by molar-refractivity contribution is 7.92. The first-order chi connectivity index (χ1) is 9.92. The maximum absolute atomic E-state index is 12.5. The second kappa shape index (κ2) is 6.24. The van der Waals surface area contributed by atoms with Gasteiger partial charge in [-0.15, -0.1) is 0 Å². The van der Waals surface area contributed by atoms with E-state index in [9.17, 15) is 8.42 Å². The average Bonchev–Trinajstić information content (AvgIpc) is 2.40. The minimum Gasteiger partial charge on any atom is -0.316 e. The summed E-state index contributed by atoms with van der Waals surface area (Å²) >= 11 is 0. The summed E-state index contributed by atoms with van der Waals surface area (Å²) in [6, 6.07) is 7.17. The molecule has 5 nitrogen and oxygen atoms in total. The molecule has 0 spiro atoms. The van der Waals surface area contributed by atoms with Crippen LogP contribution in [0.3, 0.4) is 0 Å². The Morgan fingerprint density at radius 3 is 2.57 bits per heavy atom. The fraction of sp³-hybridized carbons (Fsp3) is 0.267. The number of aromatic nitrogens is 1. The van der Waals surface area contributed by atoms with Crippen LogP contribution in [0.4, 0.5) is 5.69 Å². The van der Waals surface area contributed by atoms with Crippen molar-refractivity contribution in [1.29, 1.82) is 0 Å². The number of rotatable bonds is 5. The molecular weight excluding hydrogens is 286 g/mol. The molecule has 0 atom stereocenters. The van der Waals surface area contributed by atoms with Crippen molar-refractivity contribution in [3.8, 4) is 0 Å². The first kappa shape index (κ1) is 15.5. The molecule has 0 aliphatic rings. The number of aryl methyl sites for hydroxylation is 2. The van der Waals surface area contributed by atoms with Crippen molar-refractivity contribution < 1.29 is 8.42 Å². The maximum Gasteiger partial charge on any atom is 0.262 e. The average molecular weight is 305 g/mol. The van der Waals surface area contributed by atoms with Crippen molar-refractivity contribution in [2.75, 3.05) is 11.8 Å². The highest BCUT2D eigenvalue weighted by Crippen LogP contribution is 2.20. The number of pyridine rings is 1. The van der Waals surface area contributed by atoms with E-state index in [4.69, 9.17) is 0 Å². The lowest BCUT2D eigenvalue weighted by atomic mass is 10.1. The summed E-state index contributed by atoms with van der Waals surface area (Å²) in [5, 5.41) is 3.01. The number of hydrogen-bond donors (Lipinski definition) is 2. The molecule has 0 fully saturated rings. The highest BCUT2D eigenvalue weighted by atomic mass is 32.2. The fourth-order valence-corrected chi connectivity index (χ4v) is 3.40. The van der Waals surface area contributed by atoms with E-state index in [1.54, 1.807) is 25.3 Å². The molecule has 21 heavy (non-hydrogen) atoms. The molecule has 0 amide bonds. The molecule has 0 saturated carbocycles. The van der Waals surface area contributed by atoms with Crippen LogP contribution in [-0.2, 0) is 16.6 Å². The van der Waals surface area contributed by atoms with Gasteiger partial charge in [0.1, 0.15) is 0 Å². The molecule has 1 heterocycles. The smallest absolute Gasteiger partial charge is 0.262 e. The summed E-state index contributed by atoms with van der Waals surface area (Å²) in [5.74, 6) is 0. The van der Waals surface area contributed by atoms with Crippen molar-refractivity contribution in [3.05, 3.63) is 53.3 Å². The standard InChI is InChI=1S/C15H19N3O2S/c1-11-6-14(10-17-8-11)18-21(19,20)15-7-13(9-16-3)5-4-12(15)2/h4-8,10,16,18H,9H2,1-3H3. The van der Waals surface area contributed by atoms with E-state index < -0.39 is 10.0 Å². The molecule has 0 bridgehead atoms. The van der Waals surface area contributed by atoms with Gasteiger partial charge >= 0.3 is 0 Å². The lowest BCUT2D eigenvalue weighted by Gasteiger charge is -2.12. The molecule has 1 aromatic carbocycles. The number of nitrogens with one attached hydrogen (secondary N) is 2. The third-order valence-electron chi connectivity index (χ3n) is 3.05. The van der Waals surface area contributed by atoms with Gasteiger partial charge in [-0.25, -0.2) is 8.42 Å². The van der Waals surface area contributed by atoms with Crippen LogP contribution in [0.15, 0.2) is 41.6 Å². The van der Waals surface area contributed by atoms with Gasteiger partial charge < -0.3 is 5.32 Å². The zero-order chi connectivity index (χ0) is 15.5. The molecule has 0 saturated heterocycles. The van der Waals surface area contributed by atoms with Crippen molar-refractivity contribution in [1.82, 2.24) is 10.3 Å². The van der Waals surface area contributed by atoms with Crippen LogP contribution in [-0.4, -0.2) is 20.4 Å². The number of benzene rings is 1. The van der Waals surface area contributed by atoms with E-state index in [1.807, 2.05) is 26.1 Å². The van der Waals surface area contributed by atoms with Crippen LogP contribution >= 0.6 is 0 Å².